The van der Waals surface area contributed by atoms with Crippen LogP contribution in [0.5, 0.6) is 0 Å². The summed E-state index contributed by atoms with van der Waals surface area (Å²) >= 11 is 0. The minimum absolute atomic E-state index is 0.0619. The fourth-order valence-corrected chi connectivity index (χ4v) is 4.47. The van der Waals surface area contributed by atoms with Crippen LogP contribution in [0, 0.1) is 22.7 Å². The molecule has 0 aliphatic rings. The minimum Gasteiger partial charge on any atom is -0.395 e. The second-order valence-electron chi connectivity index (χ2n) is 13.7. The van der Waals surface area contributed by atoms with Crippen molar-refractivity contribution in [2.24, 2.45) is 22.7 Å². The van der Waals surface area contributed by atoms with Crippen LogP contribution in [0.3, 0.4) is 0 Å². The molecule has 1 aromatic heterocycles. The highest BCUT2D eigenvalue weighted by atomic mass is 16.3. The maximum atomic E-state index is 13.5. The van der Waals surface area contributed by atoms with Gasteiger partial charge in [0.15, 0.2) is 0 Å². The molecule has 0 fully saturated rings. The number of imidazole rings is 1. The normalized spacial score (nSPS) is 14.2. The van der Waals surface area contributed by atoms with E-state index in [9.17, 15) is 19.2 Å². The first-order valence-electron chi connectivity index (χ1n) is 14.0. The number of nitrogens with one attached hydrogen (secondary N) is 5. The van der Waals surface area contributed by atoms with Crippen LogP contribution in [0.4, 0.5) is 0 Å². The highest BCUT2D eigenvalue weighted by molar-refractivity contribution is 5.88. The van der Waals surface area contributed by atoms with Gasteiger partial charge >= 0.3 is 0 Å². The van der Waals surface area contributed by atoms with Gasteiger partial charge in [-0.15, -0.1) is 0 Å². The summed E-state index contributed by atoms with van der Waals surface area (Å²) in [7, 11) is 0. The van der Waals surface area contributed by atoms with E-state index in [0.29, 0.717) is 13.0 Å². The molecular weight excluding hydrogens is 512 g/mol. The molecule has 0 aromatic carbocycles. The van der Waals surface area contributed by atoms with Crippen molar-refractivity contribution in [2.45, 2.75) is 99.6 Å². The van der Waals surface area contributed by atoms with Crippen LogP contribution < -0.4 is 21.3 Å². The Kier molecular flexibility index (Phi) is 12.4. The van der Waals surface area contributed by atoms with E-state index in [1.54, 1.807) is 12.5 Å². The summed E-state index contributed by atoms with van der Waals surface area (Å²) in [6, 6.07) is 0. The van der Waals surface area contributed by atoms with Crippen molar-refractivity contribution in [3.63, 3.8) is 0 Å². The third-order valence-corrected chi connectivity index (χ3v) is 7.57. The Balaban J connectivity index is 3.15. The largest absolute Gasteiger partial charge is 0.395 e. The molecular formula is C29H52N6O5. The van der Waals surface area contributed by atoms with Crippen molar-refractivity contribution >= 4 is 23.6 Å². The predicted octanol–water partition coefficient (Wildman–Crippen LogP) is 2.07. The quantitative estimate of drug-likeness (QED) is 0.202. The van der Waals surface area contributed by atoms with Gasteiger partial charge in [0.1, 0.15) is 0 Å². The lowest BCUT2D eigenvalue weighted by Gasteiger charge is -2.47. The first-order valence-corrected chi connectivity index (χ1v) is 14.0. The SMILES string of the molecule is CC(C)(C)NC(=O)CC(C(=O)NCCc1cnc[nH]1)C(C)(C)C(C)(C)NC(=O)CC(C(=O)NCCO)C(C)(C)C. The van der Waals surface area contributed by atoms with Gasteiger partial charge in [-0.1, -0.05) is 34.6 Å². The monoisotopic (exact) mass is 564 g/mol. The number of hydrogen-bond donors (Lipinski definition) is 6. The topological polar surface area (TPSA) is 165 Å². The second kappa shape index (κ2) is 14.1. The van der Waals surface area contributed by atoms with Gasteiger partial charge in [0, 0.05) is 55.3 Å². The highest BCUT2D eigenvalue weighted by Crippen LogP contribution is 2.41. The molecule has 40 heavy (non-hydrogen) atoms. The molecule has 1 heterocycles. The molecule has 1 aromatic rings. The number of aliphatic hydroxyl groups excluding tert-OH is 1. The van der Waals surface area contributed by atoms with Crippen molar-refractivity contribution in [2.75, 3.05) is 19.7 Å². The lowest BCUT2D eigenvalue weighted by Crippen LogP contribution is -2.60. The Labute approximate surface area is 239 Å². The molecule has 11 heteroatoms. The van der Waals surface area contributed by atoms with E-state index in [4.69, 9.17) is 5.11 Å². The van der Waals surface area contributed by atoms with Crippen molar-refractivity contribution in [1.29, 1.82) is 0 Å². The number of carbonyl (C=O) groups is 4. The molecule has 0 radical (unpaired) electrons. The molecule has 2 unspecified atom stereocenters. The van der Waals surface area contributed by atoms with Crippen molar-refractivity contribution < 1.29 is 24.3 Å². The number of aromatic nitrogens is 2. The second-order valence-corrected chi connectivity index (χ2v) is 13.7. The maximum Gasteiger partial charge on any atom is 0.224 e. The zero-order valence-corrected chi connectivity index (χ0v) is 26.1. The number of aromatic amines is 1. The van der Waals surface area contributed by atoms with Crippen LogP contribution in [0.1, 0.15) is 87.8 Å². The van der Waals surface area contributed by atoms with Crippen LogP contribution in [-0.2, 0) is 25.6 Å². The average molecular weight is 565 g/mol. The van der Waals surface area contributed by atoms with Gasteiger partial charge in [-0.05, 0) is 45.4 Å². The number of hydrogen-bond acceptors (Lipinski definition) is 6. The number of amides is 4. The summed E-state index contributed by atoms with van der Waals surface area (Å²) in [4.78, 5) is 59.6. The zero-order valence-electron chi connectivity index (χ0n) is 26.1. The van der Waals surface area contributed by atoms with Crippen LogP contribution in [0.15, 0.2) is 12.5 Å². The van der Waals surface area contributed by atoms with Gasteiger partial charge in [0.05, 0.1) is 24.8 Å². The zero-order chi connectivity index (χ0) is 30.9. The number of carbonyl (C=O) groups excluding carboxylic acids is 4. The summed E-state index contributed by atoms with van der Waals surface area (Å²) in [6.07, 6.45) is 3.70. The molecule has 0 aliphatic heterocycles. The smallest absolute Gasteiger partial charge is 0.224 e. The average Bonchev–Trinajstić information content (AvgIpc) is 3.30. The van der Waals surface area contributed by atoms with E-state index in [2.05, 4.69) is 31.2 Å². The third-order valence-electron chi connectivity index (χ3n) is 7.57. The molecule has 0 bridgehead atoms. The summed E-state index contributed by atoms with van der Waals surface area (Å²) in [5, 5.41) is 20.7. The van der Waals surface area contributed by atoms with E-state index in [1.165, 1.54) is 0 Å². The number of nitrogens with zero attached hydrogens (tertiary/aromatic N) is 1. The fraction of sp³-hybridized carbons (Fsp3) is 0.759. The fourth-order valence-electron chi connectivity index (χ4n) is 4.47. The summed E-state index contributed by atoms with van der Waals surface area (Å²) in [5.74, 6) is -2.58. The molecule has 11 nitrogen and oxygen atoms in total. The molecule has 0 spiro atoms. The van der Waals surface area contributed by atoms with E-state index in [-0.39, 0.29) is 49.6 Å². The molecule has 0 saturated heterocycles. The minimum atomic E-state index is -0.929. The van der Waals surface area contributed by atoms with Crippen LogP contribution in [-0.4, -0.2) is 69.5 Å². The Morgan fingerprint density at radius 1 is 0.825 bits per heavy atom. The van der Waals surface area contributed by atoms with Crippen LogP contribution in [0.2, 0.25) is 0 Å². The summed E-state index contributed by atoms with van der Waals surface area (Å²) in [6.45, 7) is 19.0. The van der Waals surface area contributed by atoms with Crippen LogP contribution in [0.25, 0.3) is 0 Å². The van der Waals surface area contributed by atoms with E-state index in [1.807, 2.05) is 69.2 Å². The highest BCUT2D eigenvalue weighted by Gasteiger charge is 2.48. The lowest BCUT2D eigenvalue weighted by molar-refractivity contribution is -0.139. The molecule has 2 atom stereocenters. The van der Waals surface area contributed by atoms with Crippen molar-refractivity contribution in [1.82, 2.24) is 31.2 Å². The number of aliphatic hydroxyl groups is 1. The summed E-state index contributed by atoms with van der Waals surface area (Å²) in [5.41, 5.74) is -1.89. The molecule has 228 valence electrons. The van der Waals surface area contributed by atoms with Crippen LogP contribution >= 0.6 is 0 Å². The van der Waals surface area contributed by atoms with E-state index < -0.39 is 33.7 Å². The van der Waals surface area contributed by atoms with E-state index in [0.717, 1.165) is 5.69 Å². The van der Waals surface area contributed by atoms with E-state index >= 15 is 0 Å². The lowest BCUT2D eigenvalue weighted by atomic mass is 9.64. The van der Waals surface area contributed by atoms with Gasteiger partial charge in [-0.25, -0.2) is 4.98 Å². The first kappa shape index (κ1) is 35.1. The molecule has 0 saturated carbocycles. The van der Waals surface area contributed by atoms with Gasteiger partial charge in [-0.3, -0.25) is 19.2 Å². The Bertz CT molecular complexity index is 990. The van der Waals surface area contributed by atoms with Crippen molar-refractivity contribution in [3.05, 3.63) is 18.2 Å². The van der Waals surface area contributed by atoms with Gasteiger partial charge in [0.2, 0.25) is 23.6 Å². The van der Waals surface area contributed by atoms with Gasteiger partial charge in [-0.2, -0.15) is 0 Å². The van der Waals surface area contributed by atoms with Gasteiger partial charge < -0.3 is 31.4 Å². The molecule has 4 amide bonds. The van der Waals surface area contributed by atoms with Gasteiger partial charge in [0.25, 0.3) is 0 Å². The predicted molar refractivity (Wildman–Crippen MR) is 155 cm³/mol. The molecule has 6 N–H and O–H groups in total. The molecule has 0 aliphatic carbocycles. The Morgan fingerprint density at radius 2 is 1.35 bits per heavy atom. The maximum absolute atomic E-state index is 13.5. The third kappa shape index (κ3) is 10.9. The summed E-state index contributed by atoms with van der Waals surface area (Å²) < 4.78 is 0. The Morgan fingerprint density at radius 3 is 1.85 bits per heavy atom. The first-order chi connectivity index (χ1) is 18.2. The number of rotatable bonds is 14. The number of H-pyrrole nitrogens is 1. The van der Waals surface area contributed by atoms with Crippen molar-refractivity contribution in [3.8, 4) is 0 Å². The molecule has 1 rings (SSSR count). The standard InChI is InChI=1S/C29H52N6O5/c1-26(2,3)20(24(39)32-13-14-36)15-23(38)35-29(9,10)28(7,8)21(16-22(37)34-27(4,5)6)25(40)31-12-11-19-17-30-18-33-19/h17-18,20-21,36H,11-16H2,1-10H3,(H,30,33)(H,31,40)(H,32,39)(H,34,37)(H,35,38). The Hall–Kier alpha value is -2.95.